The van der Waals surface area contributed by atoms with Crippen molar-refractivity contribution in [2.24, 2.45) is 11.1 Å². The zero-order valence-corrected chi connectivity index (χ0v) is 10.5. The van der Waals surface area contributed by atoms with Crippen LogP contribution in [-0.2, 0) is 0 Å². The van der Waals surface area contributed by atoms with Crippen molar-refractivity contribution in [3.8, 4) is 0 Å². The molecule has 0 aromatic heterocycles. The molecule has 0 bridgehead atoms. The van der Waals surface area contributed by atoms with Gasteiger partial charge in [0.25, 0.3) is 0 Å². The topological polar surface area (TPSA) is 38.0 Å². The molecule has 1 saturated carbocycles. The Kier molecular flexibility index (Phi) is 5.62. The highest BCUT2D eigenvalue weighted by molar-refractivity contribution is 4.85. The first-order valence-electron chi connectivity index (χ1n) is 6.69. The lowest BCUT2D eigenvalue weighted by atomic mass is 9.83. The van der Waals surface area contributed by atoms with Gasteiger partial charge in [0.1, 0.15) is 0 Å². The van der Waals surface area contributed by atoms with Crippen LogP contribution in [0, 0.1) is 5.41 Å². The van der Waals surface area contributed by atoms with Gasteiger partial charge in [-0.15, -0.1) is 0 Å². The molecule has 0 amide bonds. The highest BCUT2D eigenvalue weighted by Crippen LogP contribution is 2.40. The van der Waals surface area contributed by atoms with E-state index in [1.165, 1.54) is 38.6 Å². The molecule has 0 aromatic rings. The quantitative estimate of drug-likeness (QED) is 0.637. The molecule has 90 valence electrons. The molecule has 15 heavy (non-hydrogen) atoms. The first-order chi connectivity index (χ1) is 7.22. The van der Waals surface area contributed by atoms with E-state index in [9.17, 15) is 0 Å². The maximum absolute atomic E-state index is 5.89. The van der Waals surface area contributed by atoms with E-state index in [-0.39, 0.29) is 0 Å². The molecule has 0 aromatic carbocycles. The van der Waals surface area contributed by atoms with Gasteiger partial charge in [-0.05, 0) is 44.1 Å². The van der Waals surface area contributed by atoms with Crippen molar-refractivity contribution in [3.63, 3.8) is 0 Å². The van der Waals surface area contributed by atoms with E-state index in [1.807, 2.05) is 0 Å². The van der Waals surface area contributed by atoms with Crippen molar-refractivity contribution in [1.29, 1.82) is 0 Å². The van der Waals surface area contributed by atoms with E-state index in [4.69, 9.17) is 5.73 Å². The zero-order valence-electron chi connectivity index (χ0n) is 10.5. The largest absolute Gasteiger partial charge is 0.328 e. The summed E-state index contributed by atoms with van der Waals surface area (Å²) in [7, 11) is 0. The molecule has 2 heteroatoms. The second-order valence-corrected chi connectivity index (χ2v) is 5.19. The third-order valence-corrected chi connectivity index (χ3v) is 4.13. The molecule has 0 spiro atoms. The predicted molar refractivity (Wildman–Crippen MR) is 66.9 cm³/mol. The lowest BCUT2D eigenvalue weighted by Crippen LogP contribution is -2.34. The summed E-state index contributed by atoms with van der Waals surface area (Å²) in [4.78, 5) is 0. The molecule has 0 aliphatic heterocycles. The molecule has 0 saturated heterocycles. The summed E-state index contributed by atoms with van der Waals surface area (Å²) in [5, 5.41) is 3.60. The van der Waals surface area contributed by atoms with Gasteiger partial charge in [0.15, 0.2) is 0 Å². The normalized spacial score (nSPS) is 21.8. The Hall–Kier alpha value is -0.0800. The number of rotatable bonds is 7. The van der Waals surface area contributed by atoms with Crippen molar-refractivity contribution in [2.45, 2.75) is 64.8 Å². The van der Waals surface area contributed by atoms with Crippen LogP contribution in [0.1, 0.15) is 58.8 Å². The fourth-order valence-electron chi connectivity index (χ4n) is 2.63. The molecule has 1 fully saturated rings. The third-order valence-electron chi connectivity index (χ3n) is 4.13. The Balaban J connectivity index is 2.12. The smallest absolute Gasteiger partial charge is 0.00482 e. The van der Waals surface area contributed by atoms with Crippen molar-refractivity contribution in [3.05, 3.63) is 0 Å². The SMILES string of the molecule is CCC(N)CCNCC1(CC)CCCC1. The minimum atomic E-state index is 0.388. The van der Waals surface area contributed by atoms with E-state index < -0.39 is 0 Å². The molecular formula is C13H28N2. The minimum absolute atomic E-state index is 0.388. The van der Waals surface area contributed by atoms with Crippen LogP contribution in [0.15, 0.2) is 0 Å². The summed E-state index contributed by atoms with van der Waals surface area (Å²) in [6, 6.07) is 0.388. The fourth-order valence-corrected chi connectivity index (χ4v) is 2.63. The Morgan fingerprint density at radius 2 is 1.93 bits per heavy atom. The summed E-state index contributed by atoms with van der Waals surface area (Å²) in [6.45, 7) is 6.80. The summed E-state index contributed by atoms with van der Waals surface area (Å²) in [5.41, 5.74) is 6.51. The van der Waals surface area contributed by atoms with Crippen molar-refractivity contribution < 1.29 is 0 Å². The monoisotopic (exact) mass is 212 g/mol. The number of nitrogens with two attached hydrogens (primary N) is 1. The van der Waals surface area contributed by atoms with Crippen LogP contribution in [0.4, 0.5) is 0 Å². The number of hydrogen-bond donors (Lipinski definition) is 2. The molecule has 2 nitrogen and oxygen atoms in total. The van der Waals surface area contributed by atoms with Gasteiger partial charge in [-0.2, -0.15) is 0 Å². The van der Waals surface area contributed by atoms with Gasteiger partial charge < -0.3 is 11.1 Å². The van der Waals surface area contributed by atoms with Crippen LogP contribution >= 0.6 is 0 Å². The first-order valence-corrected chi connectivity index (χ1v) is 6.69. The van der Waals surface area contributed by atoms with Crippen LogP contribution in [0.2, 0.25) is 0 Å². The summed E-state index contributed by atoms with van der Waals surface area (Å²) in [5.74, 6) is 0. The maximum Gasteiger partial charge on any atom is 0.00482 e. The average molecular weight is 212 g/mol. The molecule has 3 N–H and O–H groups in total. The Labute approximate surface area is 95.0 Å². The average Bonchev–Trinajstić information content (AvgIpc) is 2.73. The van der Waals surface area contributed by atoms with Crippen molar-refractivity contribution in [1.82, 2.24) is 5.32 Å². The van der Waals surface area contributed by atoms with Crippen LogP contribution < -0.4 is 11.1 Å². The Bertz CT molecular complexity index is 162. The van der Waals surface area contributed by atoms with Crippen LogP contribution in [0.5, 0.6) is 0 Å². The minimum Gasteiger partial charge on any atom is -0.328 e. The Morgan fingerprint density at radius 1 is 1.27 bits per heavy atom. The number of hydrogen-bond acceptors (Lipinski definition) is 2. The summed E-state index contributed by atoms with van der Waals surface area (Å²) >= 11 is 0. The second kappa shape index (κ2) is 6.49. The van der Waals surface area contributed by atoms with Crippen molar-refractivity contribution >= 4 is 0 Å². The molecule has 1 atom stereocenters. The second-order valence-electron chi connectivity index (χ2n) is 5.19. The first kappa shape index (κ1) is 13.0. The lowest BCUT2D eigenvalue weighted by molar-refractivity contribution is 0.267. The standard InChI is InChI=1S/C13H28N2/c1-3-12(14)7-10-15-11-13(4-2)8-5-6-9-13/h12,15H,3-11,14H2,1-2H3. The van der Waals surface area contributed by atoms with Crippen LogP contribution in [-0.4, -0.2) is 19.1 Å². The van der Waals surface area contributed by atoms with E-state index in [2.05, 4.69) is 19.2 Å². The Morgan fingerprint density at radius 3 is 2.47 bits per heavy atom. The van der Waals surface area contributed by atoms with E-state index in [0.717, 1.165) is 19.4 Å². The highest BCUT2D eigenvalue weighted by Gasteiger charge is 2.31. The van der Waals surface area contributed by atoms with E-state index in [1.54, 1.807) is 0 Å². The van der Waals surface area contributed by atoms with Gasteiger partial charge in [-0.25, -0.2) is 0 Å². The van der Waals surface area contributed by atoms with Gasteiger partial charge in [0.2, 0.25) is 0 Å². The molecule has 1 aliphatic rings. The fraction of sp³-hybridized carbons (Fsp3) is 1.00. The predicted octanol–water partition coefficient (Wildman–Crippen LogP) is 2.67. The molecule has 1 rings (SSSR count). The third kappa shape index (κ3) is 4.12. The van der Waals surface area contributed by atoms with Gasteiger partial charge in [-0.1, -0.05) is 26.7 Å². The molecule has 1 unspecified atom stereocenters. The zero-order chi connectivity index (χ0) is 11.1. The number of nitrogens with one attached hydrogen (secondary N) is 1. The molecule has 0 heterocycles. The van der Waals surface area contributed by atoms with Crippen molar-refractivity contribution in [2.75, 3.05) is 13.1 Å². The highest BCUT2D eigenvalue weighted by atomic mass is 14.9. The molecule has 0 radical (unpaired) electrons. The lowest BCUT2D eigenvalue weighted by Gasteiger charge is -2.28. The van der Waals surface area contributed by atoms with Gasteiger partial charge in [0, 0.05) is 12.6 Å². The van der Waals surface area contributed by atoms with E-state index in [0.29, 0.717) is 11.5 Å². The molecular weight excluding hydrogens is 184 g/mol. The molecule has 1 aliphatic carbocycles. The van der Waals surface area contributed by atoms with Crippen LogP contribution in [0.3, 0.4) is 0 Å². The van der Waals surface area contributed by atoms with Gasteiger partial charge >= 0.3 is 0 Å². The van der Waals surface area contributed by atoms with Gasteiger partial charge in [-0.3, -0.25) is 0 Å². The summed E-state index contributed by atoms with van der Waals surface area (Å²) in [6.07, 6.45) is 9.28. The van der Waals surface area contributed by atoms with E-state index >= 15 is 0 Å². The summed E-state index contributed by atoms with van der Waals surface area (Å²) < 4.78 is 0. The van der Waals surface area contributed by atoms with Crippen LogP contribution in [0.25, 0.3) is 0 Å². The van der Waals surface area contributed by atoms with Gasteiger partial charge in [0.05, 0.1) is 0 Å². The maximum atomic E-state index is 5.89.